The van der Waals surface area contributed by atoms with Gasteiger partial charge in [0.05, 0.1) is 4.92 Å². The molecule has 0 fully saturated rings. The van der Waals surface area contributed by atoms with Crippen LogP contribution in [-0.2, 0) is 6.54 Å². The van der Waals surface area contributed by atoms with Gasteiger partial charge < -0.3 is 10.2 Å². The van der Waals surface area contributed by atoms with E-state index in [1.54, 1.807) is 11.9 Å². The van der Waals surface area contributed by atoms with E-state index in [0.717, 1.165) is 12.0 Å². The molecule has 0 unspecified atom stereocenters. The van der Waals surface area contributed by atoms with E-state index < -0.39 is 4.92 Å². The van der Waals surface area contributed by atoms with Gasteiger partial charge in [0, 0.05) is 20.1 Å². The minimum absolute atomic E-state index is 0.0836. The van der Waals surface area contributed by atoms with E-state index in [1.165, 1.54) is 6.33 Å². The Balaban J connectivity index is 2.23. The van der Waals surface area contributed by atoms with Crippen LogP contribution in [0.1, 0.15) is 25.8 Å². The highest BCUT2D eigenvalue weighted by Gasteiger charge is 2.25. The normalized spacial score (nSPS) is 10.7. The van der Waals surface area contributed by atoms with Gasteiger partial charge in [-0.1, -0.05) is 44.2 Å². The summed E-state index contributed by atoms with van der Waals surface area (Å²) in [4.78, 5) is 21.1. The Hall–Kier alpha value is -2.70. The molecule has 1 aromatic heterocycles. The molecule has 0 saturated heterocycles. The molecule has 1 heterocycles. The van der Waals surface area contributed by atoms with Crippen LogP contribution in [0.15, 0.2) is 36.7 Å². The molecule has 0 spiro atoms. The average molecular weight is 329 g/mol. The van der Waals surface area contributed by atoms with Crippen LogP contribution < -0.4 is 10.2 Å². The summed E-state index contributed by atoms with van der Waals surface area (Å²) < 4.78 is 0. The highest BCUT2D eigenvalue weighted by Crippen LogP contribution is 2.31. The first-order chi connectivity index (χ1) is 11.5. The molecular formula is C17H23N5O2. The van der Waals surface area contributed by atoms with Crippen molar-refractivity contribution in [3.63, 3.8) is 0 Å². The molecule has 2 rings (SSSR count). The zero-order valence-electron chi connectivity index (χ0n) is 14.3. The predicted octanol–water partition coefficient (Wildman–Crippen LogP) is 3.48. The van der Waals surface area contributed by atoms with Crippen molar-refractivity contribution in [2.75, 3.05) is 23.8 Å². The number of anilines is 2. The van der Waals surface area contributed by atoms with Crippen LogP contribution in [0, 0.1) is 16.0 Å². The van der Waals surface area contributed by atoms with E-state index in [-0.39, 0.29) is 11.5 Å². The number of hydrogen-bond donors (Lipinski definition) is 1. The van der Waals surface area contributed by atoms with Crippen LogP contribution in [-0.4, -0.2) is 28.5 Å². The van der Waals surface area contributed by atoms with Crippen molar-refractivity contribution in [3.8, 4) is 0 Å². The molecule has 0 bridgehead atoms. The Morgan fingerprint density at radius 2 is 1.96 bits per heavy atom. The number of nitro groups is 1. The van der Waals surface area contributed by atoms with Gasteiger partial charge >= 0.3 is 5.69 Å². The highest BCUT2D eigenvalue weighted by atomic mass is 16.6. The van der Waals surface area contributed by atoms with E-state index in [4.69, 9.17) is 0 Å². The van der Waals surface area contributed by atoms with Gasteiger partial charge in [-0.3, -0.25) is 10.1 Å². The molecule has 7 nitrogen and oxygen atoms in total. The fourth-order valence-electron chi connectivity index (χ4n) is 2.36. The zero-order valence-corrected chi connectivity index (χ0v) is 14.3. The zero-order chi connectivity index (χ0) is 17.5. The van der Waals surface area contributed by atoms with Crippen LogP contribution in [0.2, 0.25) is 0 Å². The summed E-state index contributed by atoms with van der Waals surface area (Å²) in [5.74, 6) is 1.09. The third-order valence-corrected chi connectivity index (χ3v) is 3.62. The molecule has 0 saturated carbocycles. The van der Waals surface area contributed by atoms with Crippen LogP contribution in [0.5, 0.6) is 0 Å². The second kappa shape index (κ2) is 8.24. The van der Waals surface area contributed by atoms with E-state index in [9.17, 15) is 10.1 Å². The number of nitrogens with one attached hydrogen (secondary N) is 1. The van der Waals surface area contributed by atoms with Crippen LogP contribution in [0.25, 0.3) is 0 Å². The summed E-state index contributed by atoms with van der Waals surface area (Å²) >= 11 is 0. The molecule has 24 heavy (non-hydrogen) atoms. The lowest BCUT2D eigenvalue weighted by Crippen LogP contribution is -2.20. The second-order valence-corrected chi connectivity index (χ2v) is 6.10. The third kappa shape index (κ3) is 4.65. The first kappa shape index (κ1) is 17.7. The Labute approximate surface area is 141 Å². The Kier molecular flexibility index (Phi) is 6.06. The molecule has 0 aliphatic rings. The van der Waals surface area contributed by atoms with Gasteiger partial charge in [0.15, 0.2) is 0 Å². The first-order valence-corrected chi connectivity index (χ1v) is 7.97. The van der Waals surface area contributed by atoms with Gasteiger partial charge in [-0.2, -0.15) is 0 Å². The number of hydrogen-bond acceptors (Lipinski definition) is 6. The summed E-state index contributed by atoms with van der Waals surface area (Å²) in [6, 6.07) is 9.77. The quantitative estimate of drug-likeness (QED) is 0.589. The average Bonchev–Trinajstić information content (AvgIpc) is 2.55. The van der Waals surface area contributed by atoms with Crippen molar-refractivity contribution >= 4 is 17.3 Å². The highest BCUT2D eigenvalue weighted by molar-refractivity contribution is 5.70. The van der Waals surface area contributed by atoms with E-state index in [2.05, 4.69) is 29.1 Å². The lowest BCUT2D eigenvalue weighted by molar-refractivity contribution is -0.383. The van der Waals surface area contributed by atoms with Gasteiger partial charge in [0.25, 0.3) is 0 Å². The first-order valence-electron chi connectivity index (χ1n) is 7.97. The molecule has 0 aliphatic heterocycles. The lowest BCUT2D eigenvalue weighted by Gasteiger charge is -2.19. The van der Waals surface area contributed by atoms with Crippen LogP contribution in [0.4, 0.5) is 17.3 Å². The molecule has 0 aliphatic carbocycles. The number of benzene rings is 1. The van der Waals surface area contributed by atoms with Crippen molar-refractivity contribution in [1.29, 1.82) is 0 Å². The molecule has 0 radical (unpaired) electrons. The Morgan fingerprint density at radius 3 is 2.58 bits per heavy atom. The smallest absolute Gasteiger partial charge is 0.353 e. The molecule has 1 N–H and O–H groups in total. The molecule has 0 atom stereocenters. The minimum atomic E-state index is -0.422. The van der Waals surface area contributed by atoms with Crippen molar-refractivity contribution in [2.45, 2.75) is 26.8 Å². The maximum atomic E-state index is 11.6. The monoisotopic (exact) mass is 329 g/mol. The Morgan fingerprint density at radius 1 is 1.25 bits per heavy atom. The number of aromatic nitrogens is 2. The standard InChI is InChI=1S/C17H23N5O2/c1-13(2)9-10-18-16-15(22(23)24)17(20-12-19-16)21(3)11-14-7-5-4-6-8-14/h4-8,12-13H,9-11H2,1-3H3,(H,18,19,20). The van der Waals surface area contributed by atoms with Gasteiger partial charge in [-0.05, 0) is 17.9 Å². The third-order valence-electron chi connectivity index (χ3n) is 3.62. The van der Waals surface area contributed by atoms with Crippen molar-refractivity contribution in [3.05, 3.63) is 52.3 Å². The number of rotatable bonds is 8. The minimum Gasteiger partial charge on any atom is -0.364 e. The molecule has 128 valence electrons. The maximum absolute atomic E-state index is 11.6. The molecule has 1 aromatic carbocycles. The van der Waals surface area contributed by atoms with Crippen LogP contribution >= 0.6 is 0 Å². The largest absolute Gasteiger partial charge is 0.364 e. The van der Waals surface area contributed by atoms with Gasteiger partial charge in [0.2, 0.25) is 11.6 Å². The summed E-state index contributed by atoms with van der Waals surface area (Å²) in [7, 11) is 1.79. The van der Waals surface area contributed by atoms with Crippen LogP contribution in [0.3, 0.4) is 0 Å². The van der Waals surface area contributed by atoms with Gasteiger partial charge in [-0.25, -0.2) is 9.97 Å². The molecular weight excluding hydrogens is 306 g/mol. The van der Waals surface area contributed by atoms with E-state index in [1.807, 2.05) is 30.3 Å². The maximum Gasteiger partial charge on any atom is 0.353 e. The summed E-state index contributed by atoms with van der Waals surface area (Å²) in [6.45, 7) is 5.38. The fourth-order valence-corrected chi connectivity index (χ4v) is 2.36. The van der Waals surface area contributed by atoms with Gasteiger partial charge in [0.1, 0.15) is 6.33 Å². The topological polar surface area (TPSA) is 84.2 Å². The second-order valence-electron chi connectivity index (χ2n) is 6.10. The summed E-state index contributed by atoms with van der Waals surface area (Å²) in [5.41, 5.74) is 0.974. The fraction of sp³-hybridized carbons (Fsp3) is 0.412. The number of nitrogens with zero attached hydrogens (tertiary/aromatic N) is 4. The van der Waals surface area contributed by atoms with E-state index in [0.29, 0.717) is 24.8 Å². The Bertz CT molecular complexity index is 676. The van der Waals surface area contributed by atoms with Crippen molar-refractivity contribution in [2.24, 2.45) is 5.92 Å². The molecule has 2 aromatic rings. The molecule has 7 heteroatoms. The van der Waals surface area contributed by atoms with Gasteiger partial charge in [-0.15, -0.1) is 0 Å². The SMILES string of the molecule is CC(C)CCNc1ncnc(N(C)Cc2ccccc2)c1[N+](=O)[O-]. The van der Waals surface area contributed by atoms with E-state index >= 15 is 0 Å². The summed E-state index contributed by atoms with van der Waals surface area (Å²) in [6.07, 6.45) is 2.28. The summed E-state index contributed by atoms with van der Waals surface area (Å²) in [5, 5.41) is 14.6. The van der Waals surface area contributed by atoms with Crippen molar-refractivity contribution < 1.29 is 4.92 Å². The van der Waals surface area contributed by atoms with Crippen molar-refractivity contribution in [1.82, 2.24) is 9.97 Å². The molecule has 0 amide bonds. The lowest BCUT2D eigenvalue weighted by atomic mass is 10.1. The predicted molar refractivity (Wildman–Crippen MR) is 95.2 cm³/mol.